The predicted octanol–water partition coefficient (Wildman–Crippen LogP) is 2.56. The second kappa shape index (κ2) is 8.36. The SMILES string of the molecule is C[N+]1(C)C(=O)NC2=C(CN(C(COC3CCCCO3)c3ccccc3)CC2)C1=O. The first-order valence-electron chi connectivity index (χ1n) is 10.4. The molecule has 3 aliphatic heterocycles. The lowest BCUT2D eigenvalue weighted by Crippen LogP contribution is -2.61. The van der Waals surface area contributed by atoms with Crippen LogP contribution in [-0.4, -0.2) is 68.0 Å². The van der Waals surface area contributed by atoms with Crippen LogP contribution in [0.25, 0.3) is 0 Å². The lowest BCUT2D eigenvalue weighted by molar-refractivity contribution is -0.728. The molecule has 29 heavy (non-hydrogen) atoms. The Morgan fingerprint density at radius 1 is 1.24 bits per heavy atom. The molecule has 0 radical (unpaired) electrons. The number of carbonyl (C=O) groups is 2. The summed E-state index contributed by atoms with van der Waals surface area (Å²) >= 11 is 0. The highest BCUT2D eigenvalue weighted by atomic mass is 16.7. The van der Waals surface area contributed by atoms with Crippen molar-refractivity contribution in [2.24, 2.45) is 0 Å². The average molecular weight is 400 g/mol. The number of quaternary nitrogens is 1. The molecule has 0 bridgehead atoms. The Labute approximate surface area is 171 Å². The largest absolute Gasteiger partial charge is 0.428 e. The number of hydrogen-bond acceptors (Lipinski definition) is 5. The number of carbonyl (C=O) groups excluding carboxylic acids is 2. The maximum absolute atomic E-state index is 13.0. The molecule has 1 aromatic rings. The zero-order valence-corrected chi connectivity index (χ0v) is 17.2. The van der Waals surface area contributed by atoms with Gasteiger partial charge in [0.25, 0.3) is 0 Å². The molecule has 0 aromatic heterocycles. The molecule has 2 atom stereocenters. The average Bonchev–Trinajstić information content (AvgIpc) is 2.74. The van der Waals surface area contributed by atoms with E-state index in [1.807, 2.05) is 18.2 Å². The zero-order chi connectivity index (χ0) is 20.4. The Kier molecular flexibility index (Phi) is 5.83. The topological polar surface area (TPSA) is 67.9 Å². The number of urea groups is 1. The fraction of sp³-hybridized carbons (Fsp3) is 0.545. The molecule has 4 rings (SSSR count). The van der Waals surface area contributed by atoms with Crippen molar-refractivity contribution < 1.29 is 23.5 Å². The van der Waals surface area contributed by atoms with Crippen molar-refractivity contribution in [3.05, 3.63) is 47.2 Å². The first-order valence-corrected chi connectivity index (χ1v) is 10.4. The molecule has 1 fully saturated rings. The summed E-state index contributed by atoms with van der Waals surface area (Å²) in [5.41, 5.74) is 2.64. The van der Waals surface area contributed by atoms with Crippen LogP contribution >= 0.6 is 0 Å². The molecule has 3 amide bonds. The molecule has 3 heterocycles. The minimum Gasteiger partial charge on any atom is -0.353 e. The number of rotatable bonds is 5. The highest BCUT2D eigenvalue weighted by Gasteiger charge is 2.46. The van der Waals surface area contributed by atoms with Crippen LogP contribution in [0.3, 0.4) is 0 Å². The molecule has 0 aliphatic carbocycles. The Morgan fingerprint density at radius 3 is 2.76 bits per heavy atom. The number of hydrogen-bond donors (Lipinski definition) is 1. The standard InChI is InChI=1S/C22H29N3O4/c1-25(2)21(26)17-14-24(12-11-18(17)23-22(25)27)19(16-8-4-3-5-9-16)15-29-20-10-6-7-13-28-20/h3-5,8-9,19-20H,6-7,10-15H2,1-2H3/p+1. The number of nitrogens with zero attached hydrogens (tertiary/aromatic N) is 2. The number of likely N-dealkylation sites (N-methyl/N-ethyl adjacent to an activating group) is 1. The van der Waals surface area contributed by atoms with Gasteiger partial charge >= 0.3 is 11.9 Å². The summed E-state index contributed by atoms with van der Waals surface area (Å²) in [5, 5.41) is 2.94. The third-order valence-electron chi connectivity index (χ3n) is 6.11. The van der Waals surface area contributed by atoms with Gasteiger partial charge in [-0.1, -0.05) is 30.3 Å². The first-order chi connectivity index (χ1) is 14.0. The molecular weight excluding hydrogens is 370 g/mol. The van der Waals surface area contributed by atoms with E-state index in [4.69, 9.17) is 9.47 Å². The normalized spacial score (nSPS) is 26.1. The quantitative estimate of drug-likeness (QED) is 0.770. The third kappa shape index (κ3) is 4.14. The zero-order valence-electron chi connectivity index (χ0n) is 17.2. The van der Waals surface area contributed by atoms with E-state index in [2.05, 4.69) is 22.3 Å². The van der Waals surface area contributed by atoms with Crippen molar-refractivity contribution in [1.82, 2.24) is 10.2 Å². The van der Waals surface area contributed by atoms with E-state index in [-0.39, 0.29) is 28.8 Å². The highest BCUT2D eigenvalue weighted by Crippen LogP contribution is 2.31. The molecule has 0 spiro atoms. The molecule has 1 saturated heterocycles. The number of imide groups is 1. The van der Waals surface area contributed by atoms with E-state index in [1.54, 1.807) is 14.1 Å². The summed E-state index contributed by atoms with van der Waals surface area (Å²) < 4.78 is 11.6. The summed E-state index contributed by atoms with van der Waals surface area (Å²) in [7, 11) is 3.27. The summed E-state index contributed by atoms with van der Waals surface area (Å²) in [5.74, 6) is -0.128. The summed E-state index contributed by atoms with van der Waals surface area (Å²) in [6.07, 6.45) is 3.64. The van der Waals surface area contributed by atoms with Gasteiger partial charge in [-0.2, -0.15) is 4.48 Å². The second-order valence-corrected chi connectivity index (χ2v) is 8.42. The summed E-state index contributed by atoms with van der Waals surface area (Å²) in [6, 6.07) is 10.0. The Bertz CT molecular complexity index is 800. The van der Waals surface area contributed by atoms with Crippen LogP contribution in [0.15, 0.2) is 41.6 Å². The van der Waals surface area contributed by atoms with Crippen LogP contribution in [0.5, 0.6) is 0 Å². The van der Waals surface area contributed by atoms with Crippen LogP contribution in [0.4, 0.5) is 4.79 Å². The fourth-order valence-corrected chi connectivity index (χ4v) is 4.21. The van der Waals surface area contributed by atoms with Crippen LogP contribution in [0.1, 0.15) is 37.3 Å². The fourth-order valence-electron chi connectivity index (χ4n) is 4.21. The number of amides is 3. The molecule has 1 N–H and O–H groups in total. The van der Waals surface area contributed by atoms with Gasteiger partial charge in [0.15, 0.2) is 6.29 Å². The Hall–Kier alpha value is -2.06. The summed E-state index contributed by atoms with van der Waals surface area (Å²) in [6.45, 7) is 2.52. The van der Waals surface area contributed by atoms with Crippen molar-refractivity contribution in [3.63, 3.8) is 0 Å². The molecule has 2 unspecified atom stereocenters. The van der Waals surface area contributed by atoms with Crippen molar-refractivity contribution in [1.29, 1.82) is 0 Å². The van der Waals surface area contributed by atoms with Gasteiger partial charge in [-0.3, -0.25) is 10.2 Å². The minimum atomic E-state index is -0.297. The Morgan fingerprint density at radius 2 is 2.03 bits per heavy atom. The molecule has 156 valence electrons. The number of ether oxygens (including phenoxy) is 2. The van der Waals surface area contributed by atoms with E-state index in [1.165, 1.54) is 0 Å². The van der Waals surface area contributed by atoms with Gasteiger partial charge in [0.05, 0.1) is 32.3 Å². The highest BCUT2D eigenvalue weighted by molar-refractivity contribution is 5.99. The van der Waals surface area contributed by atoms with E-state index in [0.29, 0.717) is 25.1 Å². The number of nitrogens with one attached hydrogen (secondary N) is 1. The maximum atomic E-state index is 13.0. The molecule has 0 saturated carbocycles. The van der Waals surface area contributed by atoms with Gasteiger partial charge in [-0.25, -0.2) is 9.59 Å². The van der Waals surface area contributed by atoms with Crippen LogP contribution in [0, 0.1) is 0 Å². The molecule has 3 aliphatic rings. The van der Waals surface area contributed by atoms with E-state index in [0.717, 1.165) is 43.7 Å². The van der Waals surface area contributed by atoms with Crippen molar-refractivity contribution in [3.8, 4) is 0 Å². The number of benzene rings is 1. The van der Waals surface area contributed by atoms with Crippen LogP contribution < -0.4 is 5.32 Å². The van der Waals surface area contributed by atoms with Crippen LogP contribution in [-0.2, 0) is 14.3 Å². The van der Waals surface area contributed by atoms with Gasteiger partial charge in [-0.15, -0.1) is 0 Å². The van der Waals surface area contributed by atoms with Gasteiger partial charge in [0.2, 0.25) is 0 Å². The first kappa shape index (κ1) is 20.2. The third-order valence-corrected chi connectivity index (χ3v) is 6.11. The van der Waals surface area contributed by atoms with Crippen LogP contribution in [0.2, 0.25) is 0 Å². The van der Waals surface area contributed by atoms with Gasteiger partial charge < -0.3 is 9.47 Å². The lowest BCUT2D eigenvalue weighted by atomic mass is 9.97. The van der Waals surface area contributed by atoms with Crippen molar-refractivity contribution in [2.45, 2.75) is 38.0 Å². The Balaban J connectivity index is 1.54. The molecule has 1 aromatic carbocycles. The van der Waals surface area contributed by atoms with E-state index in [9.17, 15) is 9.59 Å². The van der Waals surface area contributed by atoms with Gasteiger partial charge in [-0.05, 0) is 24.8 Å². The smallest absolute Gasteiger partial charge is 0.353 e. The molecular formula is C22H30N3O4+. The van der Waals surface area contributed by atoms with Crippen molar-refractivity contribution >= 4 is 11.9 Å². The molecule has 7 heteroatoms. The van der Waals surface area contributed by atoms with E-state index < -0.39 is 0 Å². The van der Waals surface area contributed by atoms with Crippen molar-refractivity contribution in [2.75, 3.05) is 40.4 Å². The minimum absolute atomic E-state index is 0.0248. The second-order valence-electron chi connectivity index (χ2n) is 8.42. The predicted molar refractivity (Wildman–Crippen MR) is 108 cm³/mol. The maximum Gasteiger partial charge on any atom is 0.428 e. The lowest BCUT2D eigenvalue weighted by Gasteiger charge is -2.40. The van der Waals surface area contributed by atoms with E-state index >= 15 is 0 Å². The molecule has 7 nitrogen and oxygen atoms in total. The monoisotopic (exact) mass is 400 g/mol. The van der Waals surface area contributed by atoms with Gasteiger partial charge in [0, 0.05) is 31.8 Å². The van der Waals surface area contributed by atoms with Gasteiger partial charge in [0.1, 0.15) is 0 Å². The summed E-state index contributed by atoms with van der Waals surface area (Å²) in [4.78, 5) is 27.5.